The van der Waals surface area contributed by atoms with Gasteiger partial charge in [-0.2, -0.15) is 9.50 Å². The van der Waals surface area contributed by atoms with Crippen LogP contribution in [0.1, 0.15) is 18.2 Å². The van der Waals surface area contributed by atoms with Crippen molar-refractivity contribution in [3.05, 3.63) is 88.9 Å². The van der Waals surface area contributed by atoms with Crippen molar-refractivity contribution >= 4 is 17.4 Å². The zero-order valence-electron chi connectivity index (χ0n) is 18.6. The number of hydrogen-bond acceptors (Lipinski definition) is 5. The van der Waals surface area contributed by atoms with Gasteiger partial charge in [-0.1, -0.05) is 36.4 Å². The Morgan fingerprint density at radius 3 is 2.55 bits per heavy atom. The Labute approximate surface area is 191 Å². The van der Waals surface area contributed by atoms with Crippen LogP contribution in [0.4, 0.5) is 5.69 Å². The molecule has 4 aromatic rings. The first-order valence-corrected chi connectivity index (χ1v) is 10.7. The highest BCUT2D eigenvalue weighted by Crippen LogP contribution is 2.18. The van der Waals surface area contributed by atoms with Crippen LogP contribution >= 0.6 is 0 Å². The highest BCUT2D eigenvalue weighted by molar-refractivity contribution is 5.92. The van der Waals surface area contributed by atoms with Gasteiger partial charge in [0.2, 0.25) is 11.7 Å². The van der Waals surface area contributed by atoms with Crippen molar-refractivity contribution in [2.75, 3.05) is 11.9 Å². The third-order valence-corrected chi connectivity index (χ3v) is 5.25. The van der Waals surface area contributed by atoms with Crippen LogP contribution in [0, 0.1) is 6.92 Å². The minimum Gasteiger partial charge on any atom is -0.494 e. The van der Waals surface area contributed by atoms with Gasteiger partial charge in [-0.05, 0) is 38.1 Å². The molecule has 0 atom stereocenters. The molecule has 33 heavy (non-hydrogen) atoms. The van der Waals surface area contributed by atoms with Gasteiger partial charge in [0.1, 0.15) is 5.75 Å². The third-order valence-electron chi connectivity index (χ3n) is 5.25. The molecule has 2 aromatic heterocycles. The predicted octanol–water partition coefficient (Wildman–Crippen LogP) is 3.63. The number of rotatable bonds is 8. The fraction of sp³-hybridized carbons (Fsp3) is 0.200. The SMILES string of the molecule is C=CCn1c(C)c(CC(=O)Nc2ccc(OCC)cc2)c(=O)n2nc(-c3ccccc3)nc12. The maximum absolute atomic E-state index is 13.3. The van der Waals surface area contributed by atoms with Gasteiger partial charge in [0.15, 0.2) is 5.82 Å². The summed E-state index contributed by atoms with van der Waals surface area (Å²) in [7, 11) is 0. The highest BCUT2D eigenvalue weighted by Gasteiger charge is 2.20. The zero-order chi connectivity index (χ0) is 23.4. The maximum Gasteiger partial charge on any atom is 0.279 e. The molecule has 0 bridgehead atoms. The summed E-state index contributed by atoms with van der Waals surface area (Å²) < 4.78 is 8.53. The molecule has 0 spiro atoms. The van der Waals surface area contributed by atoms with E-state index in [1.54, 1.807) is 37.3 Å². The first kappa shape index (κ1) is 22.0. The predicted molar refractivity (Wildman–Crippen MR) is 128 cm³/mol. The molecule has 1 amide bonds. The van der Waals surface area contributed by atoms with E-state index in [4.69, 9.17) is 4.74 Å². The molecule has 2 heterocycles. The van der Waals surface area contributed by atoms with E-state index >= 15 is 0 Å². The fourth-order valence-electron chi connectivity index (χ4n) is 3.64. The normalized spacial score (nSPS) is 10.8. The zero-order valence-corrected chi connectivity index (χ0v) is 18.6. The average Bonchev–Trinajstić information content (AvgIpc) is 3.27. The number of hydrogen-bond donors (Lipinski definition) is 1. The summed E-state index contributed by atoms with van der Waals surface area (Å²) in [5.41, 5.74) is 2.08. The van der Waals surface area contributed by atoms with Crippen molar-refractivity contribution in [1.29, 1.82) is 0 Å². The number of nitrogens with one attached hydrogen (secondary N) is 1. The lowest BCUT2D eigenvalue weighted by Crippen LogP contribution is -2.29. The molecular formula is C25H25N5O3. The number of fused-ring (bicyclic) bond motifs is 1. The molecule has 0 aliphatic heterocycles. The van der Waals surface area contributed by atoms with Gasteiger partial charge in [-0.3, -0.25) is 9.59 Å². The van der Waals surface area contributed by atoms with E-state index in [2.05, 4.69) is 22.0 Å². The number of ether oxygens (including phenoxy) is 1. The summed E-state index contributed by atoms with van der Waals surface area (Å²) in [6, 6.07) is 16.5. The van der Waals surface area contributed by atoms with Gasteiger partial charge >= 0.3 is 0 Å². The molecule has 1 N–H and O–H groups in total. The molecule has 4 rings (SSSR count). The van der Waals surface area contributed by atoms with E-state index in [1.165, 1.54) is 4.52 Å². The van der Waals surface area contributed by atoms with Gasteiger partial charge in [0.25, 0.3) is 5.56 Å². The summed E-state index contributed by atoms with van der Waals surface area (Å²) in [6.07, 6.45) is 1.63. The topological polar surface area (TPSA) is 90.5 Å². The van der Waals surface area contributed by atoms with Gasteiger partial charge in [0.05, 0.1) is 13.0 Å². The number of carbonyl (C=O) groups excluding carboxylic acids is 1. The van der Waals surface area contributed by atoms with E-state index < -0.39 is 0 Å². The first-order chi connectivity index (χ1) is 16.0. The number of anilines is 1. The Balaban J connectivity index is 1.68. The van der Waals surface area contributed by atoms with Crippen LogP contribution in [0.15, 0.2) is 72.0 Å². The highest BCUT2D eigenvalue weighted by atomic mass is 16.5. The van der Waals surface area contributed by atoms with E-state index in [1.807, 2.05) is 41.8 Å². The van der Waals surface area contributed by atoms with Crippen molar-refractivity contribution in [2.45, 2.75) is 26.8 Å². The summed E-state index contributed by atoms with van der Waals surface area (Å²) >= 11 is 0. The maximum atomic E-state index is 13.3. The summed E-state index contributed by atoms with van der Waals surface area (Å²) in [4.78, 5) is 30.6. The number of benzene rings is 2. The van der Waals surface area contributed by atoms with Crippen LogP contribution in [0.3, 0.4) is 0 Å². The van der Waals surface area contributed by atoms with Crippen LogP contribution in [-0.2, 0) is 17.8 Å². The van der Waals surface area contributed by atoms with Crippen LogP contribution in [-0.4, -0.2) is 31.7 Å². The van der Waals surface area contributed by atoms with Gasteiger partial charge in [-0.25, -0.2) is 0 Å². The minimum atomic E-state index is -0.362. The second-order valence-corrected chi connectivity index (χ2v) is 7.46. The van der Waals surface area contributed by atoms with E-state index in [0.717, 1.165) is 11.3 Å². The number of aromatic nitrogens is 4. The molecular weight excluding hydrogens is 418 g/mol. The molecule has 0 fully saturated rings. The van der Waals surface area contributed by atoms with Crippen LogP contribution in [0.5, 0.6) is 5.75 Å². The van der Waals surface area contributed by atoms with Crippen molar-refractivity contribution in [1.82, 2.24) is 19.2 Å². The lowest BCUT2D eigenvalue weighted by atomic mass is 10.1. The number of nitrogens with zero attached hydrogens (tertiary/aromatic N) is 4. The van der Waals surface area contributed by atoms with Gasteiger partial charge in [-0.15, -0.1) is 11.7 Å². The molecule has 0 saturated heterocycles. The third kappa shape index (κ3) is 4.55. The fourth-order valence-corrected chi connectivity index (χ4v) is 3.64. The first-order valence-electron chi connectivity index (χ1n) is 10.7. The summed E-state index contributed by atoms with van der Waals surface area (Å²) in [6.45, 7) is 8.52. The molecule has 0 radical (unpaired) electrons. The van der Waals surface area contributed by atoms with Gasteiger partial charge < -0.3 is 14.6 Å². The lowest BCUT2D eigenvalue weighted by molar-refractivity contribution is -0.115. The second-order valence-electron chi connectivity index (χ2n) is 7.46. The number of carbonyl (C=O) groups is 1. The molecule has 8 nitrogen and oxygen atoms in total. The van der Waals surface area contributed by atoms with Crippen molar-refractivity contribution < 1.29 is 9.53 Å². The van der Waals surface area contributed by atoms with Crippen LogP contribution < -0.4 is 15.6 Å². The largest absolute Gasteiger partial charge is 0.494 e. The molecule has 0 unspecified atom stereocenters. The molecule has 8 heteroatoms. The molecule has 0 saturated carbocycles. The Morgan fingerprint density at radius 2 is 1.88 bits per heavy atom. The summed E-state index contributed by atoms with van der Waals surface area (Å²) in [5, 5.41) is 7.27. The molecule has 0 aliphatic carbocycles. The van der Waals surface area contributed by atoms with Gasteiger partial charge in [0, 0.05) is 29.1 Å². The van der Waals surface area contributed by atoms with Crippen molar-refractivity contribution in [2.24, 2.45) is 0 Å². The van der Waals surface area contributed by atoms with Crippen molar-refractivity contribution in [3.63, 3.8) is 0 Å². The number of allylic oxidation sites excluding steroid dienone is 1. The summed E-state index contributed by atoms with van der Waals surface area (Å²) in [5.74, 6) is 1.28. The molecule has 2 aromatic carbocycles. The van der Waals surface area contributed by atoms with Crippen LogP contribution in [0.25, 0.3) is 17.2 Å². The quantitative estimate of drug-likeness (QED) is 0.420. The lowest BCUT2D eigenvalue weighted by Gasteiger charge is -2.14. The Hall–Kier alpha value is -4.20. The minimum absolute atomic E-state index is 0.0918. The average molecular weight is 444 g/mol. The number of amides is 1. The van der Waals surface area contributed by atoms with E-state index in [0.29, 0.717) is 41.7 Å². The van der Waals surface area contributed by atoms with E-state index in [-0.39, 0.29) is 17.9 Å². The Kier molecular flexibility index (Phi) is 6.35. The second kappa shape index (κ2) is 9.52. The van der Waals surface area contributed by atoms with Crippen LogP contribution in [0.2, 0.25) is 0 Å². The Morgan fingerprint density at radius 1 is 1.15 bits per heavy atom. The molecule has 168 valence electrons. The Bertz CT molecular complexity index is 1360. The standard InChI is InChI=1S/C25H25N5O3/c1-4-15-29-17(3)21(16-22(31)26-19-11-13-20(14-12-19)33-5-2)24(32)30-25(29)27-23(28-30)18-9-7-6-8-10-18/h4,6-14H,1,5,15-16H2,2-3H3,(H,26,31). The van der Waals surface area contributed by atoms with E-state index in [9.17, 15) is 9.59 Å². The molecule has 0 aliphatic rings. The smallest absolute Gasteiger partial charge is 0.279 e. The monoisotopic (exact) mass is 443 g/mol. The van der Waals surface area contributed by atoms with Crippen molar-refractivity contribution in [3.8, 4) is 17.1 Å².